The van der Waals surface area contributed by atoms with Gasteiger partial charge in [-0.05, 0) is 25.2 Å². The Labute approximate surface area is 143 Å². The highest BCUT2D eigenvalue weighted by molar-refractivity contribution is 6.20. The Bertz CT molecular complexity index is 200. The van der Waals surface area contributed by atoms with Crippen molar-refractivity contribution in [2.75, 3.05) is 13.2 Å². The number of halogens is 1. The van der Waals surface area contributed by atoms with Crippen molar-refractivity contribution in [2.24, 2.45) is 5.92 Å². The van der Waals surface area contributed by atoms with Crippen LogP contribution in [0.5, 0.6) is 0 Å². The highest BCUT2D eigenvalue weighted by Gasteiger charge is 2.17. The molecule has 0 heterocycles. The molecule has 4 heteroatoms. The summed E-state index contributed by atoms with van der Waals surface area (Å²) in [7, 11) is 0. The Hall–Kier alpha value is 0.170. The molecule has 0 radical (unpaired) electrons. The number of aliphatic hydroxyl groups excluding tert-OH is 2. The van der Waals surface area contributed by atoms with E-state index in [4.69, 9.17) is 21.8 Å². The van der Waals surface area contributed by atoms with Crippen LogP contribution < -0.4 is 6.15 Å². The first-order chi connectivity index (χ1) is 10.3. The molecular formula is C18H41ClNO2+. The normalized spacial score (nSPS) is 12.4. The fourth-order valence-corrected chi connectivity index (χ4v) is 3.31. The van der Waals surface area contributed by atoms with E-state index >= 15 is 0 Å². The van der Waals surface area contributed by atoms with Crippen LogP contribution in [-0.2, 0) is 0 Å². The van der Waals surface area contributed by atoms with E-state index in [-0.39, 0.29) is 30.7 Å². The second-order valence-corrected chi connectivity index (χ2v) is 6.83. The quantitative estimate of drug-likeness (QED) is 0.251. The average molecular weight is 339 g/mol. The molecule has 0 bridgehead atoms. The summed E-state index contributed by atoms with van der Waals surface area (Å²) in [5.41, 5.74) is 0. The van der Waals surface area contributed by atoms with E-state index < -0.39 is 0 Å². The zero-order valence-electron chi connectivity index (χ0n) is 15.0. The zero-order chi connectivity index (χ0) is 15.8. The zero-order valence-corrected chi connectivity index (χ0v) is 15.8. The van der Waals surface area contributed by atoms with Gasteiger partial charge >= 0.3 is 0 Å². The number of rotatable bonds is 16. The molecule has 0 aromatic heterocycles. The predicted octanol–water partition coefficient (Wildman–Crippen LogP) is 5.66. The third-order valence-corrected chi connectivity index (χ3v) is 4.92. The molecule has 0 saturated carbocycles. The van der Waals surface area contributed by atoms with Gasteiger partial charge in [0.1, 0.15) is 0 Å². The summed E-state index contributed by atoms with van der Waals surface area (Å²) in [5.74, 6) is 0.264. The number of aliphatic hydroxyl groups is 2. The van der Waals surface area contributed by atoms with Crippen LogP contribution in [0.4, 0.5) is 0 Å². The smallest absolute Gasteiger partial charge is 0.0434 e. The molecule has 0 amide bonds. The summed E-state index contributed by atoms with van der Waals surface area (Å²) in [5, 5.41) is 18.1. The largest absolute Gasteiger partial charge is 0.396 e. The minimum Gasteiger partial charge on any atom is -0.396 e. The molecule has 0 aromatic carbocycles. The topological polar surface area (TPSA) is 77.0 Å². The van der Waals surface area contributed by atoms with Crippen LogP contribution in [0.25, 0.3) is 0 Å². The summed E-state index contributed by atoms with van der Waals surface area (Å²) in [6, 6.07) is 0. The maximum Gasteiger partial charge on any atom is 0.0434 e. The second-order valence-electron chi connectivity index (χ2n) is 6.27. The Kier molecular flexibility index (Phi) is 21.3. The van der Waals surface area contributed by atoms with Crippen molar-refractivity contribution in [1.82, 2.24) is 6.15 Å². The van der Waals surface area contributed by atoms with Crippen molar-refractivity contribution >= 4 is 11.6 Å². The molecule has 0 aliphatic carbocycles. The van der Waals surface area contributed by atoms with Gasteiger partial charge in [0.25, 0.3) is 0 Å². The van der Waals surface area contributed by atoms with Gasteiger partial charge in [0.2, 0.25) is 0 Å². The molecule has 0 fully saturated rings. The lowest BCUT2D eigenvalue weighted by molar-refractivity contribution is 0.209. The highest BCUT2D eigenvalue weighted by Crippen LogP contribution is 2.24. The Morgan fingerprint density at radius 1 is 0.682 bits per heavy atom. The summed E-state index contributed by atoms with van der Waals surface area (Å²) >= 11 is 6.39. The van der Waals surface area contributed by atoms with Crippen molar-refractivity contribution < 1.29 is 10.2 Å². The molecule has 0 aliphatic rings. The standard InChI is InChI=1S/C18H37ClO2.H3N/c1-2-3-4-5-6-7-8-9-10-11-12-18(19)17(13-15-20)14-16-21;/h17-18,20-21H,2-16H2,1H3;1H3/p+1. The number of hydrogen-bond acceptors (Lipinski definition) is 2. The summed E-state index contributed by atoms with van der Waals surface area (Å²) in [4.78, 5) is 0. The Morgan fingerprint density at radius 2 is 1.09 bits per heavy atom. The highest BCUT2D eigenvalue weighted by atomic mass is 35.5. The van der Waals surface area contributed by atoms with Crippen molar-refractivity contribution in [3.05, 3.63) is 0 Å². The molecule has 0 aromatic rings. The minimum absolute atomic E-state index is 0. The second kappa shape index (κ2) is 19.2. The van der Waals surface area contributed by atoms with Crippen molar-refractivity contribution in [2.45, 2.75) is 95.8 Å². The van der Waals surface area contributed by atoms with Crippen LogP contribution in [-0.4, -0.2) is 28.8 Å². The molecule has 22 heavy (non-hydrogen) atoms. The first-order valence-corrected chi connectivity index (χ1v) is 9.55. The van der Waals surface area contributed by atoms with Gasteiger partial charge in [0, 0.05) is 18.6 Å². The van der Waals surface area contributed by atoms with Crippen LogP contribution in [0.15, 0.2) is 0 Å². The van der Waals surface area contributed by atoms with Crippen LogP contribution in [0, 0.1) is 5.92 Å². The molecule has 6 N–H and O–H groups in total. The molecule has 1 unspecified atom stereocenters. The maximum absolute atomic E-state index is 9.02. The van der Waals surface area contributed by atoms with E-state index in [9.17, 15) is 0 Å². The molecule has 0 aliphatic heterocycles. The first kappa shape index (κ1) is 24.4. The first-order valence-electron chi connectivity index (χ1n) is 9.12. The third kappa shape index (κ3) is 15.1. The van der Waals surface area contributed by atoms with E-state index in [0.29, 0.717) is 12.8 Å². The van der Waals surface area contributed by atoms with Gasteiger partial charge < -0.3 is 16.4 Å². The van der Waals surface area contributed by atoms with Crippen molar-refractivity contribution in [3.8, 4) is 0 Å². The predicted molar refractivity (Wildman–Crippen MR) is 99.0 cm³/mol. The molecule has 3 nitrogen and oxygen atoms in total. The number of hydrogen-bond donors (Lipinski definition) is 3. The van der Waals surface area contributed by atoms with E-state index in [0.717, 1.165) is 6.42 Å². The van der Waals surface area contributed by atoms with Gasteiger partial charge in [-0.2, -0.15) is 0 Å². The lowest BCUT2D eigenvalue weighted by atomic mass is 9.94. The summed E-state index contributed by atoms with van der Waals surface area (Å²) in [6.07, 6.45) is 15.9. The minimum atomic E-state index is 0. The number of unbranched alkanes of at least 4 members (excludes halogenated alkanes) is 9. The Morgan fingerprint density at radius 3 is 1.50 bits per heavy atom. The lowest BCUT2D eigenvalue weighted by Gasteiger charge is -2.20. The number of quaternary nitrogens is 1. The average Bonchev–Trinajstić information content (AvgIpc) is 2.48. The van der Waals surface area contributed by atoms with Gasteiger partial charge in [0.15, 0.2) is 0 Å². The van der Waals surface area contributed by atoms with Crippen molar-refractivity contribution in [1.29, 1.82) is 0 Å². The maximum atomic E-state index is 9.02. The van der Waals surface area contributed by atoms with E-state index in [2.05, 4.69) is 6.92 Å². The molecule has 0 rings (SSSR count). The van der Waals surface area contributed by atoms with E-state index in [1.54, 1.807) is 0 Å². The van der Waals surface area contributed by atoms with Crippen LogP contribution in [0.1, 0.15) is 90.4 Å². The number of alkyl halides is 1. The molecule has 136 valence electrons. The van der Waals surface area contributed by atoms with Crippen molar-refractivity contribution in [3.63, 3.8) is 0 Å². The van der Waals surface area contributed by atoms with E-state index in [1.807, 2.05) is 0 Å². The van der Waals surface area contributed by atoms with Crippen LogP contribution in [0.3, 0.4) is 0 Å². The fraction of sp³-hybridized carbons (Fsp3) is 1.00. The summed E-state index contributed by atoms with van der Waals surface area (Å²) < 4.78 is 0. The third-order valence-electron chi connectivity index (χ3n) is 4.34. The SMILES string of the molecule is CCCCCCCCCCCCC(Cl)C(CCO)CCO.[NH4+]. The van der Waals surface area contributed by atoms with Gasteiger partial charge in [-0.15, -0.1) is 11.6 Å². The molecule has 0 spiro atoms. The van der Waals surface area contributed by atoms with Gasteiger partial charge in [0.05, 0.1) is 0 Å². The van der Waals surface area contributed by atoms with E-state index in [1.165, 1.54) is 64.2 Å². The lowest BCUT2D eigenvalue weighted by Crippen LogP contribution is -2.18. The summed E-state index contributed by atoms with van der Waals surface area (Å²) in [6.45, 7) is 2.60. The monoisotopic (exact) mass is 338 g/mol. The van der Waals surface area contributed by atoms with Gasteiger partial charge in [-0.1, -0.05) is 71.1 Å². The van der Waals surface area contributed by atoms with Gasteiger partial charge in [-0.25, -0.2) is 0 Å². The fourth-order valence-electron chi connectivity index (χ4n) is 2.90. The van der Waals surface area contributed by atoms with Gasteiger partial charge in [-0.3, -0.25) is 0 Å². The van der Waals surface area contributed by atoms with Crippen LogP contribution in [0.2, 0.25) is 0 Å². The Balaban J connectivity index is 0. The molecule has 1 atom stereocenters. The van der Waals surface area contributed by atoms with Crippen LogP contribution >= 0.6 is 11.6 Å². The molecule has 0 saturated heterocycles. The molecular weight excluding hydrogens is 298 g/mol.